The summed E-state index contributed by atoms with van der Waals surface area (Å²) in [6.07, 6.45) is 3.54. The molecule has 3 heterocycles. The summed E-state index contributed by atoms with van der Waals surface area (Å²) in [6, 6.07) is 12.3. The van der Waals surface area contributed by atoms with E-state index in [9.17, 15) is 4.79 Å². The number of likely N-dealkylation sites (tertiary alicyclic amines) is 1. The Bertz CT molecular complexity index is 975. The van der Waals surface area contributed by atoms with Crippen molar-refractivity contribution in [3.8, 4) is 0 Å². The summed E-state index contributed by atoms with van der Waals surface area (Å²) in [5, 5.41) is 0. The first kappa shape index (κ1) is 22.7. The first-order chi connectivity index (χ1) is 15.4. The first-order valence-corrected chi connectivity index (χ1v) is 11.7. The summed E-state index contributed by atoms with van der Waals surface area (Å²) < 4.78 is 5.74. The van der Waals surface area contributed by atoms with Crippen LogP contribution in [0.2, 0.25) is 0 Å². The number of ketones is 1. The third-order valence-electron chi connectivity index (χ3n) is 6.79. The number of anilines is 1. The number of rotatable bonds is 8. The van der Waals surface area contributed by atoms with Gasteiger partial charge >= 0.3 is 0 Å². The molecule has 2 aliphatic heterocycles. The minimum atomic E-state index is 0.0866. The van der Waals surface area contributed by atoms with Crippen LogP contribution >= 0.6 is 0 Å². The molecule has 5 heteroatoms. The van der Waals surface area contributed by atoms with Crippen molar-refractivity contribution in [3.05, 3.63) is 71.2 Å². The molecule has 1 atom stereocenters. The Labute approximate surface area is 192 Å². The Balaban J connectivity index is 1.44. The lowest BCUT2D eigenvalue weighted by Crippen LogP contribution is -2.43. The summed E-state index contributed by atoms with van der Waals surface area (Å²) in [7, 11) is 0. The molecule has 170 valence electrons. The lowest BCUT2D eigenvalue weighted by atomic mass is 9.93. The molecule has 32 heavy (non-hydrogen) atoms. The topological polar surface area (TPSA) is 45.7 Å². The highest BCUT2D eigenvalue weighted by atomic mass is 16.5. The number of aryl methyl sites for hydroxylation is 2. The van der Waals surface area contributed by atoms with Crippen molar-refractivity contribution in [1.29, 1.82) is 0 Å². The van der Waals surface area contributed by atoms with Crippen molar-refractivity contribution in [2.24, 2.45) is 0 Å². The maximum atomic E-state index is 12.0. The number of hydrogen-bond donors (Lipinski definition) is 0. The largest absolute Gasteiger partial charge is 0.376 e. The molecule has 5 nitrogen and oxygen atoms in total. The summed E-state index contributed by atoms with van der Waals surface area (Å²) in [5.74, 6) is 0.622. The number of pyridine rings is 1. The lowest BCUT2D eigenvalue weighted by Gasteiger charge is -2.38. The maximum absolute atomic E-state index is 12.0. The predicted octanol–water partition coefficient (Wildman–Crippen LogP) is 4.89. The normalized spacial score (nSPS) is 19.4. The molecule has 1 aromatic carbocycles. The minimum Gasteiger partial charge on any atom is -0.376 e. The molecule has 0 spiro atoms. The molecule has 2 saturated heterocycles. The van der Waals surface area contributed by atoms with E-state index in [0.29, 0.717) is 5.92 Å². The van der Waals surface area contributed by atoms with E-state index in [1.54, 1.807) is 6.92 Å². The molecule has 0 bridgehead atoms. The minimum absolute atomic E-state index is 0.0866. The van der Waals surface area contributed by atoms with Crippen LogP contribution < -0.4 is 4.90 Å². The number of carbonyl (C=O) groups excluding carboxylic acids is 1. The maximum Gasteiger partial charge on any atom is 0.159 e. The van der Waals surface area contributed by atoms with Crippen LogP contribution in [0.3, 0.4) is 0 Å². The van der Waals surface area contributed by atoms with E-state index in [4.69, 9.17) is 9.72 Å². The van der Waals surface area contributed by atoms with Gasteiger partial charge in [0, 0.05) is 54.0 Å². The number of carbonyl (C=O) groups is 1. The van der Waals surface area contributed by atoms with Crippen molar-refractivity contribution in [2.75, 3.05) is 37.7 Å². The van der Waals surface area contributed by atoms with Gasteiger partial charge in [-0.1, -0.05) is 24.8 Å². The Hall–Kier alpha value is -2.50. The highest BCUT2D eigenvalue weighted by molar-refractivity contribution is 5.95. The van der Waals surface area contributed by atoms with Gasteiger partial charge in [-0.25, -0.2) is 0 Å². The number of hydrogen-bond acceptors (Lipinski definition) is 5. The van der Waals surface area contributed by atoms with Crippen molar-refractivity contribution in [1.82, 2.24) is 9.88 Å². The monoisotopic (exact) mass is 433 g/mol. The number of benzene rings is 1. The van der Waals surface area contributed by atoms with E-state index in [0.717, 1.165) is 80.3 Å². The van der Waals surface area contributed by atoms with Gasteiger partial charge in [0.1, 0.15) is 0 Å². The van der Waals surface area contributed by atoms with Crippen LogP contribution in [0.4, 0.5) is 5.69 Å². The highest BCUT2D eigenvalue weighted by Crippen LogP contribution is 2.30. The molecule has 0 saturated carbocycles. The van der Waals surface area contributed by atoms with E-state index in [-0.39, 0.29) is 11.9 Å². The van der Waals surface area contributed by atoms with E-state index < -0.39 is 0 Å². The van der Waals surface area contributed by atoms with Gasteiger partial charge in [-0.15, -0.1) is 0 Å². The number of ether oxygens (including phenoxy) is 1. The van der Waals surface area contributed by atoms with Crippen LogP contribution in [0, 0.1) is 13.8 Å². The van der Waals surface area contributed by atoms with Crippen LogP contribution in [0.15, 0.2) is 48.7 Å². The molecule has 1 aromatic heterocycles. The highest BCUT2D eigenvalue weighted by Gasteiger charge is 2.27. The Kier molecular flexibility index (Phi) is 7.07. The van der Waals surface area contributed by atoms with Crippen LogP contribution in [-0.2, 0) is 4.74 Å². The van der Waals surface area contributed by atoms with Crippen LogP contribution in [0.5, 0.6) is 0 Å². The standard InChI is InChI=1S/C27H35N3O2/c1-19-8-9-24(22(4)31)16-27(19)30(18-25-12-15-32-25)21(3)17-29-13-10-23(11-14-29)26-7-5-6-20(2)28-26/h5-9,16,23,25H,3,10-15,17-18H2,1-2,4H3. The molecular weight excluding hydrogens is 398 g/mol. The zero-order valence-corrected chi connectivity index (χ0v) is 19.6. The summed E-state index contributed by atoms with van der Waals surface area (Å²) in [6.45, 7) is 14.8. The van der Waals surface area contributed by atoms with Gasteiger partial charge in [0.25, 0.3) is 0 Å². The van der Waals surface area contributed by atoms with Gasteiger partial charge in [0.05, 0.1) is 6.10 Å². The third-order valence-corrected chi connectivity index (χ3v) is 6.79. The Morgan fingerprint density at radius 2 is 1.94 bits per heavy atom. The fourth-order valence-electron chi connectivity index (χ4n) is 4.67. The number of Topliss-reactive ketones (excluding diaryl/α,β-unsaturated/α-hetero) is 1. The zero-order valence-electron chi connectivity index (χ0n) is 19.6. The fraction of sp³-hybridized carbons (Fsp3) is 0.481. The van der Waals surface area contributed by atoms with Gasteiger partial charge in [-0.3, -0.25) is 14.7 Å². The average molecular weight is 434 g/mol. The van der Waals surface area contributed by atoms with Gasteiger partial charge in [0.15, 0.2) is 5.78 Å². The van der Waals surface area contributed by atoms with E-state index in [2.05, 4.69) is 48.4 Å². The smallest absolute Gasteiger partial charge is 0.159 e. The molecule has 0 amide bonds. The Morgan fingerprint density at radius 3 is 2.56 bits per heavy atom. The molecule has 2 aliphatic rings. The second-order valence-electron chi connectivity index (χ2n) is 9.27. The van der Waals surface area contributed by atoms with Gasteiger partial charge in [0.2, 0.25) is 0 Å². The van der Waals surface area contributed by atoms with Crippen molar-refractivity contribution in [3.63, 3.8) is 0 Å². The van der Waals surface area contributed by atoms with E-state index >= 15 is 0 Å². The summed E-state index contributed by atoms with van der Waals surface area (Å²) in [5.41, 5.74) is 6.34. The fourth-order valence-corrected chi connectivity index (χ4v) is 4.67. The molecule has 0 N–H and O–H groups in total. The second-order valence-corrected chi connectivity index (χ2v) is 9.27. The SMILES string of the molecule is C=C(CN1CCC(c2cccc(C)n2)CC1)N(CC1CCO1)c1cc(C(C)=O)ccc1C. The lowest BCUT2D eigenvalue weighted by molar-refractivity contribution is -0.0439. The van der Waals surface area contributed by atoms with Gasteiger partial charge in [-0.2, -0.15) is 0 Å². The molecule has 2 fully saturated rings. The van der Waals surface area contributed by atoms with Gasteiger partial charge < -0.3 is 9.64 Å². The first-order valence-electron chi connectivity index (χ1n) is 11.7. The average Bonchev–Trinajstić information content (AvgIpc) is 2.74. The summed E-state index contributed by atoms with van der Waals surface area (Å²) in [4.78, 5) is 21.5. The van der Waals surface area contributed by atoms with Crippen molar-refractivity contribution in [2.45, 2.75) is 52.1 Å². The zero-order chi connectivity index (χ0) is 22.7. The Morgan fingerprint density at radius 1 is 1.19 bits per heavy atom. The molecule has 4 rings (SSSR count). The van der Waals surface area contributed by atoms with E-state index in [1.165, 1.54) is 5.69 Å². The second kappa shape index (κ2) is 9.97. The molecule has 0 radical (unpaired) electrons. The number of piperidine rings is 1. The third kappa shape index (κ3) is 5.28. The van der Waals surface area contributed by atoms with Crippen LogP contribution in [-0.4, -0.2) is 54.6 Å². The molecule has 2 aromatic rings. The quantitative estimate of drug-likeness (QED) is 0.555. The summed E-state index contributed by atoms with van der Waals surface area (Å²) >= 11 is 0. The van der Waals surface area contributed by atoms with Crippen LogP contribution in [0.1, 0.15) is 59.4 Å². The van der Waals surface area contributed by atoms with Crippen molar-refractivity contribution < 1.29 is 9.53 Å². The van der Waals surface area contributed by atoms with Crippen LogP contribution in [0.25, 0.3) is 0 Å². The van der Waals surface area contributed by atoms with Crippen molar-refractivity contribution >= 4 is 11.5 Å². The number of aromatic nitrogens is 1. The van der Waals surface area contributed by atoms with Gasteiger partial charge in [-0.05, 0) is 76.9 Å². The number of nitrogens with zero attached hydrogens (tertiary/aromatic N) is 3. The van der Waals surface area contributed by atoms with E-state index in [1.807, 2.05) is 18.2 Å². The molecular formula is C27H35N3O2. The molecule has 0 aliphatic carbocycles. The molecule has 1 unspecified atom stereocenters. The predicted molar refractivity (Wildman–Crippen MR) is 129 cm³/mol.